The first-order valence-electron chi connectivity index (χ1n) is 10.3. The quantitative estimate of drug-likeness (QED) is 0.673. The molecule has 1 heterocycles. The Morgan fingerprint density at radius 1 is 1.17 bits per heavy atom. The van der Waals surface area contributed by atoms with Gasteiger partial charge in [0.25, 0.3) is 5.91 Å². The zero-order valence-corrected chi connectivity index (χ0v) is 19.0. The minimum absolute atomic E-state index is 0.0360. The van der Waals surface area contributed by atoms with Crippen LogP contribution in [-0.2, 0) is 11.3 Å². The fourth-order valence-electron chi connectivity index (χ4n) is 3.61. The maximum atomic E-state index is 12.8. The molecule has 2 N–H and O–H groups in total. The third kappa shape index (κ3) is 7.50. The second-order valence-corrected chi connectivity index (χ2v) is 9.29. The average Bonchev–Trinajstić information content (AvgIpc) is 2.65. The Labute approximate surface area is 180 Å². The van der Waals surface area contributed by atoms with Crippen LogP contribution in [0, 0.1) is 11.3 Å². The highest BCUT2D eigenvalue weighted by Gasteiger charge is 2.19. The largest absolute Gasteiger partial charge is 0.377 e. The first-order valence-corrected chi connectivity index (χ1v) is 10.3. The third-order valence-electron chi connectivity index (χ3n) is 4.68. The molecular formula is C24H34N4O2. The van der Waals surface area contributed by atoms with Gasteiger partial charge in [0, 0.05) is 50.8 Å². The molecule has 2 amide bonds. The second-order valence-electron chi connectivity index (χ2n) is 9.29. The molecule has 6 nitrogen and oxygen atoms in total. The minimum Gasteiger partial charge on any atom is -0.377 e. The molecule has 0 aliphatic heterocycles. The number of benzene rings is 1. The highest BCUT2D eigenvalue weighted by molar-refractivity contribution is 6.02. The van der Waals surface area contributed by atoms with Gasteiger partial charge in [-0.3, -0.25) is 14.6 Å². The Morgan fingerprint density at radius 2 is 1.90 bits per heavy atom. The number of carbonyl (C=O) groups is 2. The molecule has 0 unspecified atom stereocenters. The SMILES string of the molecule is C[C@@H](CC(=O)Nc1ccc(N(C)C)c(C(=O)NCc2cccnc2)c1)CC(C)(C)C. The number of nitrogens with one attached hydrogen (secondary N) is 2. The zero-order valence-electron chi connectivity index (χ0n) is 19.0. The summed E-state index contributed by atoms with van der Waals surface area (Å²) >= 11 is 0. The summed E-state index contributed by atoms with van der Waals surface area (Å²) in [7, 11) is 3.78. The number of anilines is 2. The highest BCUT2D eigenvalue weighted by Crippen LogP contribution is 2.27. The Bertz CT molecular complexity index is 857. The van der Waals surface area contributed by atoms with Crippen LogP contribution in [0.25, 0.3) is 0 Å². The van der Waals surface area contributed by atoms with E-state index in [4.69, 9.17) is 0 Å². The predicted molar refractivity (Wildman–Crippen MR) is 123 cm³/mol. The summed E-state index contributed by atoms with van der Waals surface area (Å²) in [5.41, 5.74) is 3.05. The normalized spacial score (nSPS) is 12.2. The van der Waals surface area contributed by atoms with Crippen molar-refractivity contribution in [2.75, 3.05) is 24.3 Å². The lowest BCUT2D eigenvalue weighted by Gasteiger charge is -2.23. The van der Waals surface area contributed by atoms with Crippen molar-refractivity contribution in [2.24, 2.45) is 11.3 Å². The summed E-state index contributed by atoms with van der Waals surface area (Å²) in [5, 5.41) is 5.88. The van der Waals surface area contributed by atoms with Crippen molar-refractivity contribution in [3.05, 3.63) is 53.9 Å². The average molecular weight is 411 g/mol. The molecule has 1 aromatic heterocycles. The van der Waals surface area contributed by atoms with E-state index in [1.807, 2.05) is 43.3 Å². The van der Waals surface area contributed by atoms with E-state index in [1.165, 1.54) is 0 Å². The third-order valence-corrected chi connectivity index (χ3v) is 4.68. The molecule has 1 aromatic carbocycles. The van der Waals surface area contributed by atoms with Crippen LogP contribution in [0.4, 0.5) is 11.4 Å². The van der Waals surface area contributed by atoms with E-state index < -0.39 is 0 Å². The number of nitrogens with zero attached hydrogens (tertiary/aromatic N) is 2. The summed E-state index contributed by atoms with van der Waals surface area (Å²) in [6, 6.07) is 9.17. The maximum absolute atomic E-state index is 12.8. The van der Waals surface area contributed by atoms with E-state index in [-0.39, 0.29) is 23.1 Å². The molecule has 0 aliphatic carbocycles. The van der Waals surface area contributed by atoms with Gasteiger partial charge in [0.2, 0.25) is 5.91 Å². The van der Waals surface area contributed by atoms with E-state index in [2.05, 4.69) is 43.3 Å². The van der Waals surface area contributed by atoms with Crippen molar-refractivity contribution in [3.8, 4) is 0 Å². The number of hydrogen-bond donors (Lipinski definition) is 2. The summed E-state index contributed by atoms with van der Waals surface area (Å²) in [6.07, 6.45) is 4.85. The Hall–Kier alpha value is -2.89. The number of pyridine rings is 1. The van der Waals surface area contributed by atoms with E-state index >= 15 is 0 Å². The maximum Gasteiger partial charge on any atom is 0.253 e. The minimum atomic E-state index is -0.195. The van der Waals surface area contributed by atoms with Crippen LogP contribution < -0.4 is 15.5 Å². The van der Waals surface area contributed by atoms with Crippen LogP contribution in [0.2, 0.25) is 0 Å². The van der Waals surface area contributed by atoms with E-state index in [0.29, 0.717) is 24.2 Å². The fraction of sp³-hybridized carbons (Fsp3) is 0.458. The molecule has 0 saturated heterocycles. The van der Waals surface area contributed by atoms with Gasteiger partial charge in [0.1, 0.15) is 0 Å². The van der Waals surface area contributed by atoms with Crippen LogP contribution in [0.15, 0.2) is 42.7 Å². The molecule has 2 aromatic rings. The zero-order chi connectivity index (χ0) is 22.3. The van der Waals surface area contributed by atoms with Crippen molar-refractivity contribution in [1.82, 2.24) is 10.3 Å². The molecule has 2 rings (SSSR count). The Morgan fingerprint density at radius 3 is 2.50 bits per heavy atom. The van der Waals surface area contributed by atoms with Crippen molar-refractivity contribution >= 4 is 23.2 Å². The second kappa shape index (κ2) is 10.2. The van der Waals surface area contributed by atoms with E-state index in [1.54, 1.807) is 18.5 Å². The van der Waals surface area contributed by atoms with Crippen LogP contribution in [0.5, 0.6) is 0 Å². The first kappa shape index (κ1) is 23.4. The van der Waals surface area contributed by atoms with Gasteiger partial charge in [-0.15, -0.1) is 0 Å². The molecule has 0 spiro atoms. The van der Waals surface area contributed by atoms with Crippen molar-refractivity contribution in [3.63, 3.8) is 0 Å². The molecule has 0 fully saturated rings. The van der Waals surface area contributed by atoms with Crippen molar-refractivity contribution in [2.45, 2.75) is 47.1 Å². The topological polar surface area (TPSA) is 74.3 Å². The smallest absolute Gasteiger partial charge is 0.253 e. The molecule has 162 valence electrons. The molecule has 0 saturated carbocycles. The van der Waals surface area contributed by atoms with Gasteiger partial charge in [-0.25, -0.2) is 0 Å². The van der Waals surface area contributed by atoms with Gasteiger partial charge in [0.15, 0.2) is 0 Å². The van der Waals surface area contributed by atoms with Gasteiger partial charge in [-0.1, -0.05) is 33.8 Å². The highest BCUT2D eigenvalue weighted by atomic mass is 16.2. The molecule has 0 aliphatic rings. The number of rotatable bonds is 8. The molecule has 30 heavy (non-hydrogen) atoms. The summed E-state index contributed by atoms with van der Waals surface area (Å²) in [4.78, 5) is 31.3. The lowest BCUT2D eigenvalue weighted by atomic mass is 9.84. The Kier molecular flexibility index (Phi) is 7.98. The van der Waals surface area contributed by atoms with Gasteiger partial charge in [-0.2, -0.15) is 0 Å². The molecule has 1 atom stereocenters. The van der Waals surface area contributed by atoms with Crippen LogP contribution in [0.1, 0.15) is 56.5 Å². The Balaban J connectivity index is 2.09. The molecule has 6 heteroatoms. The van der Waals surface area contributed by atoms with Crippen LogP contribution >= 0.6 is 0 Å². The van der Waals surface area contributed by atoms with E-state index in [9.17, 15) is 9.59 Å². The van der Waals surface area contributed by atoms with E-state index in [0.717, 1.165) is 17.7 Å². The molecule has 0 bridgehead atoms. The monoisotopic (exact) mass is 410 g/mol. The summed E-state index contributed by atoms with van der Waals surface area (Å²) in [5.74, 6) is 0.0547. The lowest BCUT2D eigenvalue weighted by Crippen LogP contribution is -2.26. The summed E-state index contributed by atoms with van der Waals surface area (Å²) in [6.45, 7) is 9.02. The standard InChI is InChI=1S/C24H34N4O2/c1-17(14-24(2,3)4)12-22(29)27-19-9-10-21(28(5)6)20(13-19)23(30)26-16-18-8-7-11-25-15-18/h7-11,13,15,17H,12,14,16H2,1-6H3,(H,26,30)(H,27,29)/t17-/m0/s1. The fourth-order valence-corrected chi connectivity index (χ4v) is 3.61. The van der Waals surface area contributed by atoms with Crippen molar-refractivity contribution in [1.29, 1.82) is 0 Å². The number of amides is 2. The number of aromatic nitrogens is 1. The van der Waals surface area contributed by atoms with Gasteiger partial charge < -0.3 is 15.5 Å². The molecular weight excluding hydrogens is 376 g/mol. The predicted octanol–water partition coefficient (Wildman–Crippen LogP) is 4.48. The number of hydrogen-bond acceptors (Lipinski definition) is 4. The molecule has 0 radical (unpaired) electrons. The van der Waals surface area contributed by atoms with Crippen LogP contribution in [-0.4, -0.2) is 30.9 Å². The lowest BCUT2D eigenvalue weighted by molar-refractivity contribution is -0.117. The van der Waals surface area contributed by atoms with Gasteiger partial charge >= 0.3 is 0 Å². The summed E-state index contributed by atoms with van der Waals surface area (Å²) < 4.78 is 0. The number of carbonyl (C=O) groups excluding carboxylic acids is 2. The first-order chi connectivity index (χ1) is 14.0. The van der Waals surface area contributed by atoms with Gasteiger partial charge in [-0.05, 0) is 47.6 Å². The van der Waals surface area contributed by atoms with Gasteiger partial charge in [0.05, 0.1) is 5.56 Å². The van der Waals surface area contributed by atoms with Crippen LogP contribution in [0.3, 0.4) is 0 Å². The van der Waals surface area contributed by atoms with Crippen molar-refractivity contribution < 1.29 is 9.59 Å².